The van der Waals surface area contributed by atoms with E-state index in [1.807, 2.05) is 6.08 Å². The Kier molecular flexibility index (Phi) is 3.30. The van der Waals surface area contributed by atoms with Crippen LogP contribution in [0.15, 0.2) is 12.7 Å². The summed E-state index contributed by atoms with van der Waals surface area (Å²) in [7, 11) is 2.54. The second-order valence-corrected chi connectivity index (χ2v) is 0.996. The van der Waals surface area contributed by atoms with E-state index < -0.39 is 0 Å². The topological polar surface area (TPSA) is 0 Å². The van der Waals surface area contributed by atoms with E-state index in [0.29, 0.717) is 0 Å². The lowest BCUT2D eigenvalue weighted by Crippen LogP contribution is -1.43. The molecule has 28 valence electrons. The molecule has 0 amide bonds. The third-order valence-electron chi connectivity index (χ3n) is 0.167. The van der Waals surface area contributed by atoms with Gasteiger partial charge >= 0.3 is 0 Å². The van der Waals surface area contributed by atoms with Crippen LogP contribution in [-0.4, -0.2) is 6.16 Å². The minimum absolute atomic E-state index is 0. The Bertz CT molecular complexity index is 22.8. The van der Waals surface area contributed by atoms with E-state index in [4.69, 9.17) is 0 Å². The maximum Gasteiger partial charge on any atom is 0 e. The molecule has 0 fully saturated rings. The summed E-state index contributed by atoms with van der Waals surface area (Å²) in [5.74, 6) is 0. The molecule has 1 atom stereocenters. The molecule has 0 nitrogen and oxygen atoms in total. The van der Waals surface area contributed by atoms with Crippen molar-refractivity contribution in [3.05, 3.63) is 12.7 Å². The van der Waals surface area contributed by atoms with Gasteiger partial charge in [0.25, 0.3) is 0 Å². The fraction of sp³-hybridized carbons (Fsp3) is 0.333. The van der Waals surface area contributed by atoms with E-state index in [2.05, 4.69) is 15.8 Å². The molecule has 0 aliphatic rings. The molecule has 0 bridgehead atoms. The predicted octanol–water partition coefficient (Wildman–Crippen LogP) is 1.54. The summed E-state index contributed by atoms with van der Waals surface area (Å²) in [5.41, 5.74) is 0. The molecule has 0 spiro atoms. The Morgan fingerprint density at radius 2 is 2.50 bits per heavy atom. The van der Waals surface area contributed by atoms with Gasteiger partial charge in [-0.3, -0.25) is 0 Å². The monoisotopic (exact) mass is 78.1 g/mol. The van der Waals surface area contributed by atoms with E-state index in [-0.39, 0.29) is 2.85 Å². The summed E-state index contributed by atoms with van der Waals surface area (Å²) in [6.45, 7) is 3.46. The molecule has 0 saturated heterocycles. The number of hydrogen-bond donors (Lipinski definition) is 0. The first kappa shape index (κ1) is 4.17. The second-order valence-electron chi connectivity index (χ2n) is 0.524. The van der Waals surface area contributed by atoms with Crippen LogP contribution in [0.3, 0.4) is 0 Å². The Morgan fingerprint density at radius 1 is 2.25 bits per heavy atom. The molecule has 0 N–H and O–H groups in total. The Labute approximate surface area is 32.1 Å². The lowest BCUT2D eigenvalue weighted by Gasteiger charge is -1.58. The molecule has 4 heavy (non-hydrogen) atoms. The average Bonchev–Trinajstić information content (AvgIpc) is 1.37. The third-order valence-corrected chi connectivity index (χ3v) is 0.500. The van der Waals surface area contributed by atoms with Crippen molar-refractivity contribution in [2.45, 2.75) is 0 Å². The summed E-state index contributed by atoms with van der Waals surface area (Å²) in [4.78, 5) is 0. The fourth-order valence-corrected chi connectivity index (χ4v) is 0. The molecule has 1 heteroatoms. The Morgan fingerprint density at radius 3 is 2.50 bits per heavy atom. The van der Waals surface area contributed by atoms with E-state index in [9.17, 15) is 0 Å². The van der Waals surface area contributed by atoms with Crippen molar-refractivity contribution < 1.29 is 2.85 Å². The molecular weight excluding hydrogens is 67.0 g/mol. The van der Waals surface area contributed by atoms with Gasteiger partial charge in [0.05, 0.1) is 0 Å². The summed E-state index contributed by atoms with van der Waals surface area (Å²) < 4.78 is 0. The number of rotatable bonds is 1. The largest absolute Gasteiger partial charge is 0.134 e. The van der Waals surface area contributed by atoms with E-state index in [1.54, 1.807) is 0 Å². The maximum absolute atomic E-state index is 3.46. The van der Waals surface area contributed by atoms with Crippen LogP contribution in [-0.2, 0) is 0 Å². The van der Waals surface area contributed by atoms with Crippen LogP contribution in [0.5, 0.6) is 0 Å². The van der Waals surface area contributed by atoms with Gasteiger partial charge in [-0.25, -0.2) is 0 Å². The molecule has 0 aromatic rings. The summed E-state index contributed by atoms with van der Waals surface area (Å²) >= 11 is 0. The third kappa shape index (κ3) is 2.17. The lowest BCUT2D eigenvalue weighted by atomic mass is 10.8. The number of hydrogen-bond acceptors (Lipinski definition) is 0. The van der Waals surface area contributed by atoms with Crippen molar-refractivity contribution in [1.29, 1.82) is 0 Å². The molecule has 0 saturated carbocycles. The van der Waals surface area contributed by atoms with Gasteiger partial charge < -0.3 is 0 Å². The van der Waals surface area contributed by atoms with Gasteiger partial charge in [0, 0.05) is 2.85 Å². The average molecular weight is 78.1 g/mol. The van der Waals surface area contributed by atoms with Crippen LogP contribution in [0.25, 0.3) is 0 Å². The van der Waals surface area contributed by atoms with Crippen LogP contribution in [0.2, 0.25) is 0 Å². The van der Waals surface area contributed by atoms with Crippen LogP contribution in [0.1, 0.15) is 2.85 Å². The molecule has 0 heterocycles. The summed E-state index contributed by atoms with van der Waals surface area (Å²) in [5, 5.41) is 0. The van der Waals surface area contributed by atoms with Gasteiger partial charge in [-0.15, -0.1) is 15.8 Å². The van der Waals surface area contributed by atoms with Gasteiger partial charge in [-0.1, -0.05) is 6.08 Å². The highest BCUT2D eigenvalue weighted by Crippen LogP contribution is 1.74. The molecule has 0 radical (unpaired) electrons. The van der Waals surface area contributed by atoms with Gasteiger partial charge in [-0.05, 0) is 6.16 Å². The first-order valence-corrected chi connectivity index (χ1v) is 2.04. The van der Waals surface area contributed by atoms with Crippen molar-refractivity contribution in [3.63, 3.8) is 0 Å². The van der Waals surface area contributed by atoms with Gasteiger partial charge in [0.1, 0.15) is 0 Å². The zero-order chi connectivity index (χ0) is 3.41. The van der Waals surface area contributed by atoms with Crippen LogP contribution in [0, 0.1) is 0 Å². The van der Waals surface area contributed by atoms with Crippen molar-refractivity contribution >= 4 is 9.24 Å². The van der Waals surface area contributed by atoms with Crippen LogP contribution in [0.4, 0.5) is 0 Å². The SMILES string of the molecule is C=CCP.[HH].[HH]. The molecule has 0 aromatic heterocycles. The van der Waals surface area contributed by atoms with Crippen LogP contribution >= 0.6 is 9.24 Å². The Hall–Kier alpha value is 0.170. The van der Waals surface area contributed by atoms with Crippen molar-refractivity contribution in [3.8, 4) is 0 Å². The number of allylic oxidation sites excluding steroid dienone is 1. The Balaban J connectivity index is -0.0000000450. The minimum Gasteiger partial charge on any atom is -0.134 e. The molecule has 0 rings (SSSR count). The van der Waals surface area contributed by atoms with Gasteiger partial charge in [-0.2, -0.15) is 0 Å². The summed E-state index contributed by atoms with van der Waals surface area (Å²) in [6.07, 6.45) is 2.84. The molecule has 0 aromatic carbocycles. The van der Waals surface area contributed by atoms with Gasteiger partial charge in [0.15, 0.2) is 0 Å². The van der Waals surface area contributed by atoms with Crippen LogP contribution < -0.4 is 0 Å². The molecule has 0 aliphatic heterocycles. The molecule has 1 unspecified atom stereocenters. The normalized spacial score (nSPS) is 6.25. The standard InChI is InChI=1S/C3H7P.2H2/c1-2-3-4;;/h2H,1,3-4H2;2*1H. The second kappa shape index (κ2) is 3.17. The first-order chi connectivity index (χ1) is 1.91. The highest BCUT2D eigenvalue weighted by molar-refractivity contribution is 7.16. The van der Waals surface area contributed by atoms with Crippen molar-refractivity contribution in [2.75, 3.05) is 6.16 Å². The van der Waals surface area contributed by atoms with Crippen molar-refractivity contribution in [2.24, 2.45) is 0 Å². The highest BCUT2D eigenvalue weighted by Gasteiger charge is 1.44. The maximum atomic E-state index is 3.46. The summed E-state index contributed by atoms with van der Waals surface area (Å²) in [6, 6.07) is 0. The van der Waals surface area contributed by atoms with Crippen molar-refractivity contribution in [1.82, 2.24) is 0 Å². The van der Waals surface area contributed by atoms with E-state index in [0.717, 1.165) is 6.16 Å². The zero-order valence-corrected chi connectivity index (χ0v) is 3.72. The molecular formula is C3H11P. The predicted molar refractivity (Wildman–Crippen MR) is 29.0 cm³/mol. The first-order valence-electron chi connectivity index (χ1n) is 1.22. The fourth-order valence-electron chi connectivity index (χ4n) is 0. The molecule has 0 aliphatic carbocycles. The smallest absolute Gasteiger partial charge is 0 e. The quantitative estimate of drug-likeness (QED) is 0.329. The minimum atomic E-state index is 0. The van der Waals surface area contributed by atoms with E-state index in [1.165, 1.54) is 0 Å². The lowest BCUT2D eigenvalue weighted by molar-refractivity contribution is 1.83. The highest BCUT2D eigenvalue weighted by atomic mass is 31.0. The van der Waals surface area contributed by atoms with Gasteiger partial charge in [0.2, 0.25) is 0 Å². The van der Waals surface area contributed by atoms with E-state index >= 15 is 0 Å². The zero-order valence-electron chi connectivity index (χ0n) is 2.57.